The van der Waals surface area contributed by atoms with E-state index in [0.29, 0.717) is 12.4 Å². The molecule has 0 heterocycles. The summed E-state index contributed by atoms with van der Waals surface area (Å²) >= 11 is 0. The third kappa shape index (κ3) is 5.94. The van der Waals surface area contributed by atoms with Gasteiger partial charge in [-0.1, -0.05) is 6.07 Å². The first-order valence-electron chi connectivity index (χ1n) is 6.62. The summed E-state index contributed by atoms with van der Waals surface area (Å²) in [6, 6.07) is 5.47. The number of ether oxygens (including phenoxy) is 2. The van der Waals surface area contributed by atoms with Crippen LogP contribution in [0.2, 0.25) is 0 Å². The molecule has 0 spiro atoms. The maximum absolute atomic E-state index is 9.07. The molecule has 0 aliphatic heterocycles. The third-order valence-corrected chi connectivity index (χ3v) is 2.64. The Hall–Kier alpha value is -1.26. The van der Waals surface area contributed by atoms with Gasteiger partial charge in [0.05, 0.1) is 20.3 Å². The average Bonchev–Trinajstić information content (AvgIpc) is 2.37. The lowest BCUT2D eigenvalue weighted by Crippen LogP contribution is -2.36. The third-order valence-electron chi connectivity index (χ3n) is 2.64. The lowest BCUT2D eigenvalue weighted by molar-refractivity contribution is 0.273. The van der Waals surface area contributed by atoms with E-state index in [9.17, 15) is 0 Å². The number of methoxy groups -OCH3 is 1. The summed E-state index contributed by atoms with van der Waals surface area (Å²) < 4.78 is 10.9. The summed E-state index contributed by atoms with van der Waals surface area (Å²) in [7, 11) is 1.60. The second-order valence-corrected chi connectivity index (χ2v) is 5.52. The van der Waals surface area contributed by atoms with Crippen molar-refractivity contribution in [3.63, 3.8) is 0 Å². The zero-order chi connectivity index (χ0) is 14.3. The topological polar surface area (TPSA) is 50.7 Å². The smallest absolute Gasteiger partial charge is 0.161 e. The fraction of sp³-hybridized carbons (Fsp3) is 0.600. The monoisotopic (exact) mass is 267 g/mol. The predicted octanol–water partition coefficient (Wildman–Crippen LogP) is 2.34. The minimum Gasteiger partial charge on any atom is -0.493 e. The molecule has 0 aliphatic rings. The van der Waals surface area contributed by atoms with Gasteiger partial charge in [0.1, 0.15) is 0 Å². The van der Waals surface area contributed by atoms with Gasteiger partial charge in [-0.3, -0.25) is 0 Å². The van der Waals surface area contributed by atoms with Crippen LogP contribution in [0.5, 0.6) is 11.5 Å². The molecule has 1 aromatic carbocycles. The van der Waals surface area contributed by atoms with Crippen molar-refractivity contribution in [1.29, 1.82) is 0 Å². The van der Waals surface area contributed by atoms with E-state index in [1.807, 2.05) is 12.1 Å². The maximum atomic E-state index is 9.07. The van der Waals surface area contributed by atoms with Crippen molar-refractivity contribution in [1.82, 2.24) is 5.32 Å². The molecule has 0 aliphatic carbocycles. The Kier molecular flexibility index (Phi) is 6.12. The van der Waals surface area contributed by atoms with Gasteiger partial charge < -0.3 is 19.9 Å². The van der Waals surface area contributed by atoms with Crippen LogP contribution in [-0.4, -0.2) is 30.9 Å². The molecular weight excluding hydrogens is 242 g/mol. The standard InChI is InChI=1S/C15H25NO3/c1-15(2,3)16-8-5-9-19-13-7-6-12(11-17)10-14(13)18-4/h6-7,10,16-17H,5,8-9,11H2,1-4H3. The van der Waals surface area contributed by atoms with Crippen molar-refractivity contribution in [2.75, 3.05) is 20.3 Å². The number of hydrogen-bond donors (Lipinski definition) is 2. The first-order chi connectivity index (χ1) is 8.96. The van der Waals surface area contributed by atoms with Crippen molar-refractivity contribution < 1.29 is 14.6 Å². The van der Waals surface area contributed by atoms with Crippen molar-refractivity contribution >= 4 is 0 Å². The number of nitrogens with one attached hydrogen (secondary N) is 1. The Morgan fingerprint density at radius 3 is 2.53 bits per heavy atom. The Morgan fingerprint density at radius 1 is 1.21 bits per heavy atom. The highest BCUT2D eigenvalue weighted by molar-refractivity contribution is 5.42. The summed E-state index contributed by atoms with van der Waals surface area (Å²) in [5.41, 5.74) is 0.957. The van der Waals surface area contributed by atoms with Crippen LogP contribution in [0, 0.1) is 0 Å². The van der Waals surface area contributed by atoms with Crippen molar-refractivity contribution in [2.24, 2.45) is 0 Å². The fourth-order valence-electron chi connectivity index (χ4n) is 1.65. The zero-order valence-electron chi connectivity index (χ0n) is 12.3. The first kappa shape index (κ1) is 15.8. The second-order valence-electron chi connectivity index (χ2n) is 5.52. The molecule has 0 saturated heterocycles. The molecular formula is C15H25NO3. The molecule has 0 atom stereocenters. The summed E-state index contributed by atoms with van der Waals surface area (Å²) in [4.78, 5) is 0. The Morgan fingerprint density at radius 2 is 1.95 bits per heavy atom. The molecule has 19 heavy (non-hydrogen) atoms. The molecule has 1 rings (SSSR count). The normalized spacial score (nSPS) is 11.4. The van der Waals surface area contributed by atoms with Gasteiger partial charge in [0.15, 0.2) is 11.5 Å². The summed E-state index contributed by atoms with van der Waals surface area (Å²) in [6.07, 6.45) is 0.933. The number of benzene rings is 1. The van der Waals surface area contributed by atoms with E-state index in [4.69, 9.17) is 14.6 Å². The van der Waals surface area contributed by atoms with Crippen LogP contribution >= 0.6 is 0 Å². The van der Waals surface area contributed by atoms with E-state index < -0.39 is 0 Å². The largest absolute Gasteiger partial charge is 0.493 e. The first-order valence-corrected chi connectivity index (χ1v) is 6.62. The van der Waals surface area contributed by atoms with Gasteiger partial charge >= 0.3 is 0 Å². The summed E-state index contributed by atoms with van der Waals surface area (Å²) in [5.74, 6) is 1.38. The van der Waals surface area contributed by atoms with E-state index in [0.717, 1.165) is 24.3 Å². The molecule has 0 saturated carbocycles. The lowest BCUT2D eigenvalue weighted by Gasteiger charge is -2.20. The highest BCUT2D eigenvalue weighted by atomic mass is 16.5. The maximum Gasteiger partial charge on any atom is 0.161 e. The number of rotatable bonds is 7. The summed E-state index contributed by atoms with van der Waals surface area (Å²) in [6.45, 7) is 7.99. The van der Waals surface area contributed by atoms with E-state index in [1.165, 1.54) is 0 Å². The SMILES string of the molecule is COc1cc(CO)ccc1OCCCNC(C)(C)C. The molecule has 0 radical (unpaired) electrons. The van der Waals surface area contributed by atoms with E-state index >= 15 is 0 Å². The van der Waals surface area contributed by atoms with Crippen LogP contribution in [0.3, 0.4) is 0 Å². The predicted molar refractivity (Wildman–Crippen MR) is 76.8 cm³/mol. The zero-order valence-corrected chi connectivity index (χ0v) is 12.3. The van der Waals surface area contributed by atoms with Crippen molar-refractivity contribution in [3.05, 3.63) is 23.8 Å². The van der Waals surface area contributed by atoms with Crippen LogP contribution in [-0.2, 0) is 6.61 Å². The van der Waals surface area contributed by atoms with Crippen LogP contribution in [0.25, 0.3) is 0 Å². The molecule has 4 nitrogen and oxygen atoms in total. The Bertz CT molecular complexity index is 385. The van der Waals surface area contributed by atoms with Gasteiger partial charge in [0.2, 0.25) is 0 Å². The van der Waals surface area contributed by atoms with E-state index in [2.05, 4.69) is 26.1 Å². The van der Waals surface area contributed by atoms with Gasteiger partial charge in [-0.05, 0) is 51.4 Å². The molecule has 2 N–H and O–H groups in total. The van der Waals surface area contributed by atoms with Gasteiger partial charge in [-0.15, -0.1) is 0 Å². The van der Waals surface area contributed by atoms with Gasteiger partial charge in [-0.2, -0.15) is 0 Å². The van der Waals surface area contributed by atoms with E-state index in [-0.39, 0.29) is 12.1 Å². The minimum atomic E-state index is 0.00609. The Balaban J connectivity index is 2.41. The number of aliphatic hydroxyl groups is 1. The molecule has 4 heteroatoms. The van der Waals surface area contributed by atoms with Crippen LogP contribution in [0.1, 0.15) is 32.8 Å². The minimum absolute atomic E-state index is 0.00609. The van der Waals surface area contributed by atoms with E-state index in [1.54, 1.807) is 13.2 Å². The molecule has 108 valence electrons. The quantitative estimate of drug-likeness (QED) is 0.745. The van der Waals surface area contributed by atoms with Crippen molar-refractivity contribution in [2.45, 2.75) is 39.3 Å². The summed E-state index contributed by atoms with van der Waals surface area (Å²) in [5, 5.41) is 12.5. The molecule has 0 fully saturated rings. The highest BCUT2D eigenvalue weighted by Crippen LogP contribution is 2.28. The van der Waals surface area contributed by atoms with Gasteiger partial charge in [0.25, 0.3) is 0 Å². The molecule has 0 aromatic heterocycles. The van der Waals surface area contributed by atoms with Gasteiger partial charge in [-0.25, -0.2) is 0 Å². The molecule has 0 bridgehead atoms. The number of aliphatic hydroxyl groups excluding tert-OH is 1. The molecule has 0 unspecified atom stereocenters. The highest BCUT2D eigenvalue weighted by Gasteiger charge is 2.08. The van der Waals surface area contributed by atoms with Crippen LogP contribution < -0.4 is 14.8 Å². The van der Waals surface area contributed by atoms with Crippen molar-refractivity contribution in [3.8, 4) is 11.5 Å². The molecule has 1 aromatic rings. The average molecular weight is 267 g/mol. The fourth-order valence-corrected chi connectivity index (χ4v) is 1.65. The second kappa shape index (κ2) is 7.36. The molecule has 0 amide bonds. The number of hydrogen-bond acceptors (Lipinski definition) is 4. The van der Waals surface area contributed by atoms with Crippen LogP contribution in [0.4, 0.5) is 0 Å². The lowest BCUT2D eigenvalue weighted by atomic mass is 10.1. The Labute approximate surface area is 115 Å². The van der Waals surface area contributed by atoms with Crippen LogP contribution in [0.15, 0.2) is 18.2 Å². The van der Waals surface area contributed by atoms with Gasteiger partial charge in [0, 0.05) is 5.54 Å².